The van der Waals surface area contributed by atoms with Crippen LogP contribution < -0.4 is 0 Å². The van der Waals surface area contributed by atoms with Crippen LogP contribution in [0.15, 0.2) is 29.0 Å². The molecule has 3 rings (SSSR count). The van der Waals surface area contributed by atoms with Gasteiger partial charge in [-0.3, -0.25) is 9.59 Å². The third-order valence-electron chi connectivity index (χ3n) is 4.01. The molecular formula is C15H16N2O4S. The van der Waals surface area contributed by atoms with Crippen LogP contribution in [0.5, 0.6) is 0 Å². The highest BCUT2D eigenvalue weighted by Gasteiger charge is 2.36. The van der Waals surface area contributed by atoms with Gasteiger partial charge in [0.1, 0.15) is 4.88 Å². The summed E-state index contributed by atoms with van der Waals surface area (Å²) in [4.78, 5) is 30.3. The molecule has 1 saturated heterocycles. The molecule has 2 atom stereocenters. The normalized spacial score (nSPS) is 21.8. The lowest BCUT2D eigenvalue weighted by molar-refractivity contribution is -0.144. The minimum absolute atomic E-state index is 0.159. The number of piperidine rings is 1. The standard InChI is InChI=1S/C15H16N2O4S/c1-9-10(15(19)20)4-2-6-17(9)14(18)12-8-16-13(22-12)11-5-3-7-21-11/h3,5,7-10H,2,4,6H2,1H3,(H,19,20)/t9-,10-/m1/s1. The first-order valence-electron chi connectivity index (χ1n) is 7.11. The van der Waals surface area contributed by atoms with E-state index >= 15 is 0 Å². The molecule has 0 saturated carbocycles. The Labute approximate surface area is 131 Å². The zero-order chi connectivity index (χ0) is 15.7. The minimum atomic E-state index is -0.842. The molecule has 22 heavy (non-hydrogen) atoms. The third-order valence-corrected chi connectivity index (χ3v) is 5.01. The lowest BCUT2D eigenvalue weighted by Crippen LogP contribution is -2.48. The van der Waals surface area contributed by atoms with Crippen molar-refractivity contribution in [3.05, 3.63) is 29.5 Å². The monoisotopic (exact) mass is 320 g/mol. The number of carbonyl (C=O) groups is 2. The zero-order valence-corrected chi connectivity index (χ0v) is 12.9. The van der Waals surface area contributed by atoms with E-state index in [-0.39, 0.29) is 11.9 Å². The van der Waals surface area contributed by atoms with Crippen molar-refractivity contribution < 1.29 is 19.1 Å². The molecule has 1 fully saturated rings. The molecule has 116 valence electrons. The number of carboxylic acids is 1. The Kier molecular flexibility index (Phi) is 3.98. The number of rotatable bonds is 3. The van der Waals surface area contributed by atoms with Gasteiger partial charge in [0, 0.05) is 12.6 Å². The maximum atomic E-state index is 12.6. The van der Waals surface area contributed by atoms with Crippen LogP contribution in [0.2, 0.25) is 0 Å². The summed E-state index contributed by atoms with van der Waals surface area (Å²) in [7, 11) is 0. The summed E-state index contributed by atoms with van der Waals surface area (Å²) in [5.74, 6) is -0.881. The Balaban J connectivity index is 1.80. The molecule has 2 aromatic heterocycles. The number of carbonyl (C=O) groups excluding carboxylic acids is 1. The number of aromatic nitrogens is 1. The molecule has 1 aliphatic rings. The van der Waals surface area contributed by atoms with Crippen LogP contribution in [-0.4, -0.2) is 39.5 Å². The van der Waals surface area contributed by atoms with Gasteiger partial charge < -0.3 is 14.4 Å². The molecule has 2 aromatic rings. The minimum Gasteiger partial charge on any atom is -0.481 e. The Morgan fingerprint density at radius 3 is 3.00 bits per heavy atom. The van der Waals surface area contributed by atoms with E-state index in [0.717, 1.165) is 0 Å². The summed E-state index contributed by atoms with van der Waals surface area (Å²) >= 11 is 1.26. The van der Waals surface area contributed by atoms with Crippen LogP contribution in [0.1, 0.15) is 29.4 Å². The van der Waals surface area contributed by atoms with E-state index in [4.69, 9.17) is 4.42 Å². The molecule has 1 N–H and O–H groups in total. The molecule has 0 spiro atoms. The van der Waals surface area contributed by atoms with E-state index in [0.29, 0.717) is 35.0 Å². The largest absolute Gasteiger partial charge is 0.481 e. The number of thiazole rings is 1. The van der Waals surface area contributed by atoms with Gasteiger partial charge in [-0.25, -0.2) is 4.98 Å². The number of likely N-dealkylation sites (tertiary alicyclic amines) is 1. The van der Waals surface area contributed by atoms with E-state index in [2.05, 4.69) is 4.98 Å². The average Bonchev–Trinajstić information content (AvgIpc) is 3.17. The quantitative estimate of drug-likeness (QED) is 0.940. The van der Waals surface area contributed by atoms with E-state index in [1.54, 1.807) is 30.2 Å². The van der Waals surface area contributed by atoms with Gasteiger partial charge in [-0.1, -0.05) is 0 Å². The Morgan fingerprint density at radius 1 is 1.50 bits per heavy atom. The van der Waals surface area contributed by atoms with Crippen molar-refractivity contribution >= 4 is 23.2 Å². The lowest BCUT2D eigenvalue weighted by Gasteiger charge is -2.37. The second-order valence-electron chi connectivity index (χ2n) is 5.33. The summed E-state index contributed by atoms with van der Waals surface area (Å²) < 4.78 is 5.27. The fraction of sp³-hybridized carbons (Fsp3) is 0.400. The molecule has 0 aromatic carbocycles. The molecule has 0 bridgehead atoms. The molecular weight excluding hydrogens is 304 g/mol. The third kappa shape index (κ3) is 2.64. The molecule has 0 unspecified atom stereocenters. The van der Waals surface area contributed by atoms with Crippen molar-refractivity contribution in [3.63, 3.8) is 0 Å². The number of carboxylic acid groups (broad SMARTS) is 1. The number of nitrogens with zero attached hydrogens (tertiary/aromatic N) is 2. The molecule has 1 amide bonds. The first-order chi connectivity index (χ1) is 10.6. The predicted octanol–water partition coefficient (Wildman–Crippen LogP) is 2.73. The highest BCUT2D eigenvalue weighted by molar-refractivity contribution is 7.16. The number of hydrogen-bond donors (Lipinski definition) is 1. The van der Waals surface area contributed by atoms with Gasteiger partial charge in [0.15, 0.2) is 10.8 Å². The fourth-order valence-electron chi connectivity index (χ4n) is 2.79. The number of aliphatic carboxylic acids is 1. The van der Waals surface area contributed by atoms with Crippen molar-refractivity contribution in [2.75, 3.05) is 6.54 Å². The summed E-state index contributed by atoms with van der Waals surface area (Å²) in [6, 6.07) is 3.24. The Bertz CT molecular complexity index is 680. The Morgan fingerprint density at radius 2 is 2.32 bits per heavy atom. The number of amides is 1. The average molecular weight is 320 g/mol. The van der Waals surface area contributed by atoms with Crippen LogP contribution in [0.25, 0.3) is 10.8 Å². The van der Waals surface area contributed by atoms with Crippen LogP contribution in [0.4, 0.5) is 0 Å². The van der Waals surface area contributed by atoms with Crippen molar-refractivity contribution in [1.29, 1.82) is 0 Å². The van der Waals surface area contributed by atoms with Gasteiger partial charge in [0.25, 0.3) is 5.91 Å². The number of hydrogen-bond acceptors (Lipinski definition) is 5. The van der Waals surface area contributed by atoms with Crippen molar-refractivity contribution in [2.45, 2.75) is 25.8 Å². The van der Waals surface area contributed by atoms with Crippen LogP contribution in [0.3, 0.4) is 0 Å². The maximum Gasteiger partial charge on any atom is 0.308 e. The first kappa shape index (κ1) is 14.8. The Hall–Kier alpha value is -2.15. The number of furan rings is 1. The molecule has 0 aliphatic carbocycles. The molecule has 1 aliphatic heterocycles. The van der Waals surface area contributed by atoms with Gasteiger partial charge in [0.2, 0.25) is 0 Å². The fourth-order valence-corrected chi connectivity index (χ4v) is 3.63. The summed E-state index contributed by atoms with van der Waals surface area (Å²) in [5, 5.41) is 9.89. The van der Waals surface area contributed by atoms with E-state index < -0.39 is 11.9 Å². The SMILES string of the molecule is C[C@@H]1[C@H](C(=O)O)CCCN1C(=O)c1cnc(-c2ccco2)s1. The molecule has 6 nitrogen and oxygen atoms in total. The van der Waals surface area contributed by atoms with Gasteiger partial charge in [-0.05, 0) is 31.9 Å². The second kappa shape index (κ2) is 5.92. The molecule has 0 radical (unpaired) electrons. The van der Waals surface area contributed by atoms with Gasteiger partial charge in [0.05, 0.1) is 18.4 Å². The van der Waals surface area contributed by atoms with Crippen molar-refractivity contribution in [2.24, 2.45) is 5.92 Å². The van der Waals surface area contributed by atoms with Crippen LogP contribution >= 0.6 is 11.3 Å². The molecule has 3 heterocycles. The van der Waals surface area contributed by atoms with E-state index in [1.807, 2.05) is 0 Å². The second-order valence-corrected chi connectivity index (χ2v) is 6.36. The van der Waals surface area contributed by atoms with Crippen molar-refractivity contribution in [1.82, 2.24) is 9.88 Å². The van der Waals surface area contributed by atoms with Gasteiger partial charge in [-0.15, -0.1) is 11.3 Å². The predicted molar refractivity (Wildman–Crippen MR) is 80.7 cm³/mol. The van der Waals surface area contributed by atoms with E-state index in [1.165, 1.54) is 17.5 Å². The summed E-state index contributed by atoms with van der Waals surface area (Å²) in [6.07, 6.45) is 4.40. The lowest BCUT2D eigenvalue weighted by atomic mass is 9.90. The highest BCUT2D eigenvalue weighted by atomic mass is 32.1. The smallest absolute Gasteiger partial charge is 0.308 e. The van der Waals surface area contributed by atoms with Crippen LogP contribution in [0, 0.1) is 5.92 Å². The molecule has 7 heteroatoms. The topological polar surface area (TPSA) is 83.6 Å². The van der Waals surface area contributed by atoms with Gasteiger partial charge >= 0.3 is 5.97 Å². The highest BCUT2D eigenvalue weighted by Crippen LogP contribution is 2.29. The summed E-state index contributed by atoms with van der Waals surface area (Å²) in [6.45, 7) is 2.38. The summed E-state index contributed by atoms with van der Waals surface area (Å²) in [5.41, 5.74) is 0. The maximum absolute atomic E-state index is 12.6. The first-order valence-corrected chi connectivity index (χ1v) is 7.93. The van der Waals surface area contributed by atoms with Gasteiger partial charge in [-0.2, -0.15) is 0 Å². The van der Waals surface area contributed by atoms with Crippen molar-refractivity contribution in [3.8, 4) is 10.8 Å². The van der Waals surface area contributed by atoms with E-state index in [9.17, 15) is 14.7 Å². The zero-order valence-electron chi connectivity index (χ0n) is 12.1. The van der Waals surface area contributed by atoms with Crippen LogP contribution in [-0.2, 0) is 4.79 Å².